The fourth-order valence-electron chi connectivity index (χ4n) is 1.92. The highest BCUT2D eigenvalue weighted by molar-refractivity contribution is 7.78. The highest BCUT2D eigenvalue weighted by Crippen LogP contribution is 2.18. The molecule has 0 spiro atoms. The van der Waals surface area contributed by atoms with Gasteiger partial charge in [0.05, 0.1) is 6.04 Å². The van der Waals surface area contributed by atoms with E-state index in [0.717, 1.165) is 5.56 Å². The van der Waals surface area contributed by atoms with E-state index < -0.39 is 0 Å². The maximum atomic E-state index is 13.3. The first kappa shape index (κ1) is 14.6. The SMILES string of the molecule is Cc1cc(C(C)NC2=NC(N)=NC(C)N2S)ccc1F. The van der Waals surface area contributed by atoms with Crippen LogP contribution in [0.4, 0.5) is 4.39 Å². The minimum atomic E-state index is -0.211. The summed E-state index contributed by atoms with van der Waals surface area (Å²) in [6.45, 7) is 5.56. The zero-order valence-electron chi connectivity index (χ0n) is 11.6. The summed E-state index contributed by atoms with van der Waals surface area (Å²) in [6.07, 6.45) is -0.194. The average Bonchev–Trinajstić information content (AvgIpc) is 2.38. The van der Waals surface area contributed by atoms with Gasteiger partial charge in [-0.25, -0.2) is 9.38 Å². The molecule has 0 bridgehead atoms. The van der Waals surface area contributed by atoms with Crippen molar-refractivity contribution in [1.29, 1.82) is 0 Å². The molecule has 20 heavy (non-hydrogen) atoms. The maximum absolute atomic E-state index is 13.3. The van der Waals surface area contributed by atoms with Gasteiger partial charge in [0.25, 0.3) is 0 Å². The van der Waals surface area contributed by atoms with E-state index in [-0.39, 0.29) is 24.0 Å². The van der Waals surface area contributed by atoms with E-state index >= 15 is 0 Å². The number of hydrogen-bond donors (Lipinski definition) is 3. The summed E-state index contributed by atoms with van der Waals surface area (Å²) in [4.78, 5) is 8.21. The van der Waals surface area contributed by atoms with Crippen LogP contribution in [0, 0.1) is 12.7 Å². The second-order valence-electron chi connectivity index (χ2n) is 4.77. The molecule has 0 radical (unpaired) electrons. The van der Waals surface area contributed by atoms with Crippen molar-refractivity contribution in [2.75, 3.05) is 0 Å². The molecule has 1 aliphatic rings. The van der Waals surface area contributed by atoms with Crippen molar-refractivity contribution in [1.82, 2.24) is 9.62 Å². The third-order valence-corrected chi connectivity index (χ3v) is 3.66. The molecule has 2 unspecified atom stereocenters. The summed E-state index contributed by atoms with van der Waals surface area (Å²) in [5.41, 5.74) is 7.22. The molecule has 0 amide bonds. The molecule has 1 aliphatic heterocycles. The van der Waals surface area contributed by atoms with Gasteiger partial charge in [-0.15, -0.1) is 0 Å². The Morgan fingerprint density at radius 2 is 2.20 bits per heavy atom. The summed E-state index contributed by atoms with van der Waals surface area (Å²) in [5.74, 6) is 0.535. The fraction of sp³-hybridized carbons (Fsp3) is 0.385. The second-order valence-corrected chi connectivity index (χ2v) is 5.20. The Morgan fingerprint density at radius 3 is 2.85 bits per heavy atom. The van der Waals surface area contributed by atoms with Crippen molar-refractivity contribution in [3.8, 4) is 0 Å². The summed E-state index contributed by atoms with van der Waals surface area (Å²) < 4.78 is 14.9. The van der Waals surface area contributed by atoms with Crippen LogP contribution in [0.3, 0.4) is 0 Å². The minimum absolute atomic E-state index is 0.0548. The van der Waals surface area contributed by atoms with Crippen molar-refractivity contribution >= 4 is 24.7 Å². The lowest BCUT2D eigenvalue weighted by atomic mass is 10.1. The highest BCUT2D eigenvalue weighted by atomic mass is 32.1. The number of aliphatic imine (C=N–C) groups is 2. The first-order chi connectivity index (χ1) is 9.38. The number of aryl methyl sites for hydroxylation is 1. The Morgan fingerprint density at radius 1 is 1.50 bits per heavy atom. The third-order valence-electron chi connectivity index (χ3n) is 3.14. The lowest BCUT2D eigenvalue weighted by molar-refractivity contribution is 0.496. The van der Waals surface area contributed by atoms with Crippen LogP contribution < -0.4 is 11.1 Å². The van der Waals surface area contributed by atoms with E-state index in [2.05, 4.69) is 28.1 Å². The Balaban J connectivity index is 2.17. The molecule has 2 rings (SSSR count). The maximum Gasteiger partial charge on any atom is 0.220 e. The second kappa shape index (κ2) is 5.70. The zero-order chi connectivity index (χ0) is 14.9. The van der Waals surface area contributed by atoms with Crippen molar-refractivity contribution in [3.05, 3.63) is 35.1 Å². The van der Waals surface area contributed by atoms with Gasteiger partial charge >= 0.3 is 0 Å². The molecule has 7 heteroatoms. The molecule has 108 valence electrons. The molecular formula is C13H18FN5S. The molecule has 1 aromatic carbocycles. The van der Waals surface area contributed by atoms with Gasteiger partial charge < -0.3 is 11.1 Å². The van der Waals surface area contributed by atoms with Crippen LogP contribution in [0.5, 0.6) is 0 Å². The Bertz CT molecular complexity index is 572. The number of hydrogen-bond acceptors (Lipinski definition) is 6. The molecule has 1 aromatic rings. The number of halogens is 1. The topological polar surface area (TPSA) is 66.0 Å². The first-order valence-electron chi connectivity index (χ1n) is 6.31. The van der Waals surface area contributed by atoms with Crippen molar-refractivity contribution in [2.24, 2.45) is 15.7 Å². The average molecular weight is 295 g/mol. The molecule has 0 saturated heterocycles. The lowest BCUT2D eigenvalue weighted by Gasteiger charge is -2.29. The Labute approximate surface area is 123 Å². The van der Waals surface area contributed by atoms with Crippen LogP contribution in [0.2, 0.25) is 0 Å². The van der Waals surface area contributed by atoms with Gasteiger partial charge in [0.1, 0.15) is 12.0 Å². The molecule has 0 saturated carbocycles. The van der Waals surface area contributed by atoms with Crippen molar-refractivity contribution in [3.63, 3.8) is 0 Å². The van der Waals surface area contributed by atoms with E-state index in [1.807, 2.05) is 13.8 Å². The Kier molecular flexibility index (Phi) is 4.17. The van der Waals surface area contributed by atoms with Gasteiger partial charge in [0, 0.05) is 0 Å². The summed E-state index contributed by atoms with van der Waals surface area (Å²) >= 11 is 4.33. The molecule has 3 N–H and O–H groups in total. The summed E-state index contributed by atoms with van der Waals surface area (Å²) in [5, 5.41) is 3.21. The number of nitrogens with two attached hydrogens (primary N) is 1. The van der Waals surface area contributed by atoms with Gasteiger partial charge in [-0.2, -0.15) is 4.99 Å². The van der Waals surface area contributed by atoms with Crippen LogP contribution in [0.15, 0.2) is 28.2 Å². The van der Waals surface area contributed by atoms with Gasteiger partial charge in [0.15, 0.2) is 0 Å². The minimum Gasteiger partial charge on any atom is -0.368 e. The number of nitrogens with one attached hydrogen (secondary N) is 1. The monoisotopic (exact) mass is 295 g/mol. The number of guanidine groups is 2. The fourth-order valence-corrected chi connectivity index (χ4v) is 2.08. The van der Waals surface area contributed by atoms with Crippen molar-refractivity contribution < 1.29 is 4.39 Å². The third kappa shape index (κ3) is 3.04. The number of nitrogens with zero attached hydrogens (tertiary/aromatic N) is 3. The zero-order valence-corrected chi connectivity index (χ0v) is 12.5. The Hall–Kier alpha value is -1.76. The van der Waals surface area contributed by atoms with Crippen LogP contribution in [-0.4, -0.2) is 22.4 Å². The summed E-state index contributed by atoms with van der Waals surface area (Å²) in [7, 11) is 0. The first-order valence-corrected chi connectivity index (χ1v) is 6.71. The van der Waals surface area contributed by atoms with E-state index in [4.69, 9.17) is 5.73 Å². The van der Waals surface area contributed by atoms with Crippen LogP contribution in [-0.2, 0) is 0 Å². The number of thiol groups is 1. The number of benzene rings is 1. The molecule has 0 fully saturated rings. The quantitative estimate of drug-likeness (QED) is 0.731. The molecule has 0 aromatic heterocycles. The van der Waals surface area contributed by atoms with Crippen LogP contribution >= 0.6 is 12.8 Å². The van der Waals surface area contributed by atoms with E-state index in [1.54, 1.807) is 23.4 Å². The van der Waals surface area contributed by atoms with Crippen LogP contribution in [0.25, 0.3) is 0 Å². The summed E-state index contributed by atoms with van der Waals surface area (Å²) in [6, 6.07) is 4.95. The van der Waals surface area contributed by atoms with Gasteiger partial charge in [-0.1, -0.05) is 24.9 Å². The smallest absolute Gasteiger partial charge is 0.220 e. The van der Waals surface area contributed by atoms with E-state index in [1.165, 1.54) is 6.07 Å². The normalized spacial score (nSPS) is 20.2. The molecule has 1 heterocycles. The van der Waals surface area contributed by atoms with E-state index in [9.17, 15) is 4.39 Å². The largest absolute Gasteiger partial charge is 0.368 e. The molecule has 5 nitrogen and oxygen atoms in total. The molecule has 0 aliphatic carbocycles. The predicted molar refractivity (Wildman–Crippen MR) is 82.0 cm³/mol. The van der Waals surface area contributed by atoms with Gasteiger partial charge in [-0.05, 0) is 38.0 Å². The predicted octanol–water partition coefficient (Wildman–Crippen LogP) is 1.96. The lowest BCUT2D eigenvalue weighted by Crippen LogP contribution is -2.45. The number of rotatable bonds is 2. The standard InChI is InChI=1S/C13H18FN5S/c1-7-6-10(4-5-11(7)14)8(2)16-13-18-12(15)17-9(3)19(13)20/h4-6,8-9,20H,1-3H3,(H3,15,16,17,18). The van der Waals surface area contributed by atoms with Gasteiger partial charge in [0.2, 0.25) is 11.9 Å². The van der Waals surface area contributed by atoms with E-state index in [0.29, 0.717) is 11.5 Å². The molecule has 2 atom stereocenters. The van der Waals surface area contributed by atoms with Crippen LogP contribution in [0.1, 0.15) is 31.0 Å². The van der Waals surface area contributed by atoms with Gasteiger partial charge in [-0.3, -0.25) is 4.31 Å². The molecular weight excluding hydrogens is 277 g/mol. The van der Waals surface area contributed by atoms with Crippen molar-refractivity contribution in [2.45, 2.75) is 33.0 Å². The highest BCUT2D eigenvalue weighted by Gasteiger charge is 2.21.